The summed E-state index contributed by atoms with van der Waals surface area (Å²) in [4.78, 5) is 26.7. The second kappa shape index (κ2) is 6.83. The van der Waals surface area contributed by atoms with E-state index in [1.54, 1.807) is 0 Å². The third-order valence-corrected chi connectivity index (χ3v) is 4.89. The standard InChI is InChI=1S/C21H23N3O2/c1-2-13-24-19(17-5-3-4-6-18(17)21(24)26)22-15-9-7-14(8-10-15)20(25)23-16-11-12-16/h3-10,16,19,22H,2,11-13H2,1H3,(H,23,25)/t19-/m0/s1. The molecule has 1 aliphatic carbocycles. The Bertz CT molecular complexity index is 827. The van der Waals surface area contributed by atoms with E-state index in [0.29, 0.717) is 18.2 Å². The molecule has 0 spiro atoms. The van der Waals surface area contributed by atoms with E-state index in [1.807, 2.05) is 53.4 Å². The van der Waals surface area contributed by atoms with Crippen molar-refractivity contribution in [3.63, 3.8) is 0 Å². The number of benzene rings is 2. The predicted octanol–water partition coefficient (Wildman–Crippen LogP) is 3.56. The fraction of sp³-hybridized carbons (Fsp3) is 0.333. The molecule has 2 aromatic carbocycles. The maximum atomic E-state index is 12.7. The van der Waals surface area contributed by atoms with Gasteiger partial charge in [0.05, 0.1) is 0 Å². The second-order valence-corrected chi connectivity index (χ2v) is 6.96. The number of amides is 2. The van der Waals surface area contributed by atoms with Crippen molar-refractivity contribution in [3.05, 3.63) is 65.2 Å². The van der Waals surface area contributed by atoms with Gasteiger partial charge >= 0.3 is 0 Å². The Hall–Kier alpha value is -2.82. The molecule has 5 heteroatoms. The molecule has 0 aromatic heterocycles. The Morgan fingerprint density at radius 2 is 1.85 bits per heavy atom. The van der Waals surface area contributed by atoms with Crippen LogP contribution in [0.4, 0.5) is 5.69 Å². The summed E-state index contributed by atoms with van der Waals surface area (Å²) in [6, 6.07) is 15.5. The van der Waals surface area contributed by atoms with Gasteiger partial charge in [0.25, 0.3) is 11.8 Å². The number of carbonyl (C=O) groups excluding carboxylic acids is 2. The molecule has 1 fully saturated rings. The largest absolute Gasteiger partial charge is 0.361 e. The molecular weight excluding hydrogens is 326 g/mol. The van der Waals surface area contributed by atoms with Crippen LogP contribution in [0.15, 0.2) is 48.5 Å². The summed E-state index contributed by atoms with van der Waals surface area (Å²) in [5.41, 5.74) is 3.32. The van der Waals surface area contributed by atoms with E-state index in [4.69, 9.17) is 0 Å². The molecule has 4 rings (SSSR count). The molecule has 0 radical (unpaired) electrons. The van der Waals surface area contributed by atoms with Crippen molar-refractivity contribution in [2.75, 3.05) is 11.9 Å². The lowest BCUT2D eigenvalue weighted by Crippen LogP contribution is -2.33. The van der Waals surface area contributed by atoms with Crippen LogP contribution in [0.25, 0.3) is 0 Å². The molecule has 5 nitrogen and oxygen atoms in total. The van der Waals surface area contributed by atoms with E-state index in [0.717, 1.165) is 36.1 Å². The molecule has 134 valence electrons. The Labute approximate surface area is 153 Å². The average Bonchev–Trinajstić information content (AvgIpc) is 3.44. The topological polar surface area (TPSA) is 61.4 Å². The lowest BCUT2D eigenvalue weighted by Gasteiger charge is -2.26. The van der Waals surface area contributed by atoms with Gasteiger partial charge in [-0.05, 0) is 49.6 Å². The van der Waals surface area contributed by atoms with Crippen LogP contribution in [-0.4, -0.2) is 29.3 Å². The Morgan fingerprint density at radius 1 is 1.12 bits per heavy atom. The summed E-state index contributed by atoms with van der Waals surface area (Å²) in [6.07, 6.45) is 2.88. The molecule has 1 heterocycles. The van der Waals surface area contributed by atoms with E-state index >= 15 is 0 Å². The molecule has 2 aliphatic rings. The van der Waals surface area contributed by atoms with Gasteiger partial charge in [-0.3, -0.25) is 9.59 Å². The number of fused-ring (bicyclic) bond motifs is 1. The van der Waals surface area contributed by atoms with Crippen molar-refractivity contribution in [1.29, 1.82) is 0 Å². The zero-order valence-corrected chi connectivity index (χ0v) is 14.9. The van der Waals surface area contributed by atoms with Crippen LogP contribution < -0.4 is 10.6 Å². The molecule has 1 saturated carbocycles. The van der Waals surface area contributed by atoms with E-state index in [-0.39, 0.29) is 18.0 Å². The van der Waals surface area contributed by atoms with Gasteiger partial charge in [0, 0.05) is 35.0 Å². The van der Waals surface area contributed by atoms with Crippen molar-refractivity contribution >= 4 is 17.5 Å². The van der Waals surface area contributed by atoms with Crippen LogP contribution in [0.2, 0.25) is 0 Å². The summed E-state index contributed by atoms with van der Waals surface area (Å²) in [5.74, 6) is 0.0495. The second-order valence-electron chi connectivity index (χ2n) is 6.96. The van der Waals surface area contributed by atoms with Crippen LogP contribution in [-0.2, 0) is 0 Å². The molecule has 26 heavy (non-hydrogen) atoms. The van der Waals surface area contributed by atoms with Gasteiger partial charge in [0.2, 0.25) is 0 Å². The number of nitrogens with zero attached hydrogens (tertiary/aromatic N) is 1. The van der Waals surface area contributed by atoms with E-state index < -0.39 is 0 Å². The smallest absolute Gasteiger partial charge is 0.256 e. The molecule has 1 atom stereocenters. The Morgan fingerprint density at radius 3 is 2.54 bits per heavy atom. The highest BCUT2D eigenvalue weighted by Gasteiger charge is 2.35. The van der Waals surface area contributed by atoms with Crippen molar-refractivity contribution < 1.29 is 9.59 Å². The number of rotatable bonds is 6. The van der Waals surface area contributed by atoms with Gasteiger partial charge in [0.15, 0.2) is 0 Å². The number of anilines is 1. The van der Waals surface area contributed by atoms with Crippen molar-refractivity contribution in [2.24, 2.45) is 0 Å². The zero-order valence-electron chi connectivity index (χ0n) is 14.9. The molecule has 0 unspecified atom stereocenters. The maximum Gasteiger partial charge on any atom is 0.256 e. The average molecular weight is 349 g/mol. The monoisotopic (exact) mass is 349 g/mol. The normalized spacial score (nSPS) is 18.6. The number of hydrogen-bond acceptors (Lipinski definition) is 3. The first-order chi connectivity index (χ1) is 12.7. The van der Waals surface area contributed by atoms with Gasteiger partial charge in [-0.25, -0.2) is 0 Å². The van der Waals surface area contributed by atoms with Crippen LogP contribution in [0.3, 0.4) is 0 Å². The van der Waals surface area contributed by atoms with Crippen LogP contribution in [0.1, 0.15) is 58.6 Å². The number of carbonyl (C=O) groups is 2. The SMILES string of the molecule is CCCN1C(=O)c2ccccc2[C@H]1Nc1ccc(C(=O)NC2CC2)cc1. The summed E-state index contributed by atoms with van der Waals surface area (Å²) in [7, 11) is 0. The van der Waals surface area contributed by atoms with Gasteiger partial charge in [-0.1, -0.05) is 25.1 Å². The lowest BCUT2D eigenvalue weighted by molar-refractivity contribution is 0.0743. The third-order valence-electron chi connectivity index (χ3n) is 4.89. The van der Waals surface area contributed by atoms with Gasteiger partial charge in [-0.15, -0.1) is 0 Å². The number of nitrogens with one attached hydrogen (secondary N) is 2. The van der Waals surface area contributed by atoms with Crippen LogP contribution in [0.5, 0.6) is 0 Å². The minimum atomic E-state index is -0.176. The fourth-order valence-corrected chi connectivity index (χ4v) is 3.37. The van der Waals surface area contributed by atoms with Gasteiger partial charge in [0.1, 0.15) is 6.17 Å². The van der Waals surface area contributed by atoms with Crippen molar-refractivity contribution in [3.8, 4) is 0 Å². The highest BCUT2D eigenvalue weighted by molar-refractivity contribution is 5.99. The highest BCUT2D eigenvalue weighted by Crippen LogP contribution is 2.34. The molecule has 2 amide bonds. The molecule has 1 aliphatic heterocycles. The summed E-state index contributed by atoms with van der Waals surface area (Å²) in [6.45, 7) is 2.77. The third kappa shape index (κ3) is 3.17. The Balaban J connectivity index is 1.53. The first kappa shape index (κ1) is 16.6. The number of hydrogen-bond donors (Lipinski definition) is 2. The van der Waals surface area contributed by atoms with Gasteiger partial charge < -0.3 is 15.5 Å². The minimum absolute atomic E-state index is 0.0203. The molecule has 0 bridgehead atoms. The molecule has 0 saturated heterocycles. The summed E-state index contributed by atoms with van der Waals surface area (Å²) >= 11 is 0. The van der Waals surface area contributed by atoms with Crippen molar-refractivity contribution in [1.82, 2.24) is 10.2 Å². The Kier molecular flexibility index (Phi) is 4.37. The lowest BCUT2D eigenvalue weighted by atomic mass is 10.1. The predicted molar refractivity (Wildman–Crippen MR) is 101 cm³/mol. The quantitative estimate of drug-likeness (QED) is 0.838. The fourth-order valence-electron chi connectivity index (χ4n) is 3.37. The van der Waals surface area contributed by atoms with E-state index in [2.05, 4.69) is 17.6 Å². The first-order valence-electron chi connectivity index (χ1n) is 9.24. The van der Waals surface area contributed by atoms with Crippen LogP contribution >= 0.6 is 0 Å². The van der Waals surface area contributed by atoms with Crippen LogP contribution in [0, 0.1) is 0 Å². The van der Waals surface area contributed by atoms with Gasteiger partial charge in [-0.2, -0.15) is 0 Å². The molecular formula is C21H23N3O2. The summed E-state index contributed by atoms with van der Waals surface area (Å²) in [5, 5.41) is 6.45. The summed E-state index contributed by atoms with van der Waals surface area (Å²) < 4.78 is 0. The van der Waals surface area contributed by atoms with E-state index in [9.17, 15) is 9.59 Å². The molecule has 2 N–H and O–H groups in total. The van der Waals surface area contributed by atoms with E-state index in [1.165, 1.54) is 0 Å². The first-order valence-corrected chi connectivity index (χ1v) is 9.24. The van der Waals surface area contributed by atoms with Crippen molar-refractivity contribution in [2.45, 2.75) is 38.4 Å². The minimum Gasteiger partial charge on any atom is -0.361 e. The molecule has 2 aromatic rings. The zero-order chi connectivity index (χ0) is 18.1. The maximum absolute atomic E-state index is 12.7. The highest BCUT2D eigenvalue weighted by atomic mass is 16.2.